The fraction of sp³-hybridized carbons (Fsp3) is 0.222. The molecule has 2 aromatic carbocycles. The molecule has 1 N–H and O–H groups in total. The van der Waals surface area contributed by atoms with Crippen LogP contribution in [0.15, 0.2) is 65.1 Å². The molecule has 5 rings (SSSR count). The Bertz CT molecular complexity index is 1320. The molecule has 0 fully saturated rings. The number of para-hydroxylation sites is 1. The largest absolute Gasteiger partial charge is 0.497 e. The predicted molar refractivity (Wildman–Crippen MR) is 128 cm³/mol. The Hall–Kier alpha value is -4.13. The van der Waals surface area contributed by atoms with Crippen LogP contribution in [0.25, 0.3) is 22.7 Å². The van der Waals surface area contributed by atoms with E-state index < -0.39 is 0 Å². The van der Waals surface area contributed by atoms with Gasteiger partial charge in [-0.2, -0.15) is 0 Å². The zero-order valence-electron chi connectivity index (χ0n) is 19.3. The Labute approximate surface area is 197 Å². The summed E-state index contributed by atoms with van der Waals surface area (Å²) in [5.41, 5.74) is 4.65. The van der Waals surface area contributed by atoms with Crippen molar-refractivity contribution in [2.24, 2.45) is 0 Å². The molecule has 3 heterocycles. The Morgan fingerprint density at radius 1 is 1.06 bits per heavy atom. The first kappa shape index (κ1) is 21.7. The zero-order chi connectivity index (χ0) is 23.7. The molecule has 1 amide bonds. The van der Waals surface area contributed by atoms with E-state index in [9.17, 15) is 4.79 Å². The number of nitrogens with one attached hydrogen (secondary N) is 1. The molecule has 1 atom stereocenters. The minimum absolute atomic E-state index is 0.179. The van der Waals surface area contributed by atoms with E-state index in [0.29, 0.717) is 24.6 Å². The topological polar surface area (TPSA) is 86.5 Å². The van der Waals surface area contributed by atoms with E-state index in [-0.39, 0.29) is 17.8 Å². The summed E-state index contributed by atoms with van der Waals surface area (Å²) in [6.45, 7) is 4.27. The van der Waals surface area contributed by atoms with Crippen molar-refractivity contribution in [3.63, 3.8) is 0 Å². The van der Waals surface area contributed by atoms with Gasteiger partial charge in [0.05, 0.1) is 19.2 Å². The van der Waals surface area contributed by atoms with Crippen molar-refractivity contribution in [2.45, 2.75) is 26.4 Å². The number of ether oxygens (including phenoxy) is 2. The molecule has 0 radical (unpaired) electrons. The normalized spacial score (nSPS) is 14.4. The molecule has 0 saturated heterocycles. The van der Waals surface area contributed by atoms with Gasteiger partial charge in [-0.15, -0.1) is 0 Å². The van der Waals surface area contributed by atoms with Crippen LogP contribution >= 0.6 is 0 Å². The summed E-state index contributed by atoms with van der Waals surface area (Å²) in [6, 6.07) is 18.9. The molecule has 1 aliphatic heterocycles. The molecule has 1 aliphatic rings. The second kappa shape index (κ2) is 9.02. The highest BCUT2D eigenvalue weighted by Crippen LogP contribution is 2.37. The van der Waals surface area contributed by atoms with E-state index in [2.05, 4.69) is 15.3 Å². The summed E-state index contributed by atoms with van der Waals surface area (Å²) < 4.78 is 17.2. The second-order valence-electron chi connectivity index (χ2n) is 8.31. The van der Waals surface area contributed by atoms with Crippen LogP contribution in [0.1, 0.15) is 27.5 Å². The Morgan fingerprint density at radius 3 is 2.56 bits per heavy atom. The average Bonchev–Trinajstić information content (AvgIpc) is 3.49. The Balaban J connectivity index is 1.24. The number of rotatable bonds is 6. The fourth-order valence-corrected chi connectivity index (χ4v) is 4.14. The number of amides is 1. The first-order chi connectivity index (χ1) is 16.5. The van der Waals surface area contributed by atoms with Crippen molar-refractivity contribution in [1.82, 2.24) is 15.3 Å². The van der Waals surface area contributed by atoms with Gasteiger partial charge in [0.2, 0.25) is 0 Å². The summed E-state index contributed by atoms with van der Waals surface area (Å²) in [5.74, 6) is 2.79. The lowest BCUT2D eigenvalue weighted by Crippen LogP contribution is -2.34. The smallest absolute Gasteiger partial charge is 0.287 e. The highest BCUT2D eigenvalue weighted by molar-refractivity contribution is 5.92. The lowest BCUT2D eigenvalue weighted by Gasteiger charge is -2.13. The van der Waals surface area contributed by atoms with E-state index in [1.54, 1.807) is 19.2 Å². The number of fused-ring (bicyclic) bond motifs is 1. The third-order valence-corrected chi connectivity index (χ3v) is 5.75. The van der Waals surface area contributed by atoms with Crippen LogP contribution in [0.5, 0.6) is 11.5 Å². The molecule has 0 aliphatic carbocycles. The quantitative estimate of drug-likeness (QED) is 0.451. The number of nitrogens with zero attached hydrogens (tertiary/aromatic N) is 2. The van der Waals surface area contributed by atoms with Crippen molar-refractivity contribution in [3.8, 4) is 34.2 Å². The zero-order valence-corrected chi connectivity index (χ0v) is 19.3. The molecule has 0 saturated carbocycles. The van der Waals surface area contributed by atoms with Crippen LogP contribution < -0.4 is 14.8 Å². The average molecular weight is 456 g/mol. The van der Waals surface area contributed by atoms with Crippen LogP contribution in [-0.2, 0) is 6.42 Å². The number of methoxy groups -OCH3 is 1. The fourth-order valence-electron chi connectivity index (χ4n) is 4.14. The summed E-state index contributed by atoms with van der Waals surface area (Å²) in [5, 5.41) is 2.93. The molecule has 34 heavy (non-hydrogen) atoms. The van der Waals surface area contributed by atoms with Crippen molar-refractivity contribution in [1.29, 1.82) is 0 Å². The van der Waals surface area contributed by atoms with Crippen LogP contribution in [-0.4, -0.2) is 35.6 Å². The van der Waals surface area contributed by atoms with Gasteiger partial charge in [-0.25, -0.2) is 9.97 Å². The van der Waals surface area contributed by atoms with Gasteiger partial charge in [-0.05, 0) is 67.9 Å². The number of benzene rings is 2. The van der Waals surface area contributed by atoms with Crippen molar-refractivity contribution < 1.29 is 18.7 Å². The van der Waals surface area contributed by atoms with E-state index in [0.717, 1.165) is 39.6 Å². The van der Waals surface area contributed by atoms with E-state index in [4.69, 9.17) is 13.9 Å². The molecule has 7 nitrogen and oxygen atoms in total. The molecule has 7 heteroatoms. The SMILES string of the molecule is COc1ccc(-c2ccc(C(=O)NCC3Cc4cccc(-c5nc(C)cc(C)n5)c4O3)o2)cc1. The van der Waals surface area contributed by atoms with Crippen LogP contribution in [0, 0.1) is 13.8 Å². The number of carbonyl (C=O) groups is 1. The molecule has 0 bridgehead atoms. The molecule has 172 valence electrons. The van der Waals surface area contributed by atoms with Gasteiger partial charge in [0, 0.05) is 23.4 Å². The van der Waals surface area contributed by atoms with Crippen molar-refractivity contribution >= 4 is 5.91 Å². The number of furan rings is 1. The minimum Gasteiger partial charge on any atom is -0.497 e. The van der Waals surface area contributed by atoms with Crippen LogP contribution in [0.3, 0.4) is 0 Å². The van der Waals surface area contributed by atoms with E-state index in [1.165, 1.54) is 0 Å². The van der Waals surface area contributed by atoms with Crippen molar-refractivity contribution in [3.05, 3.63) is 83.4 Å². The summed E-state index contributed by atoms with van der Waals surface area (Å²) >= 11 is 0. The summed E-state index contributed by atoms with van der Waals surface area (Å²) in [7, 11) is 1.62. The highest BCUT2D eigenvalue weighted by atomic mass is 16.5. The van der Waals surface area contributed by atoms with Gasteiger partial charge in [0.1, 0.15) is 23.4 Å². The van der Waals surface area contributed by atoms with Gasteiger partial charge >= 0.3 is 0 Å². The standard InChI is InChI=1S/C27H25N3O4/c1-16-13-17(2)30-26(29-16)22-6-4-5-19-14-21(33-25(19)22)15-28-27(31)24-12-11-23(34-24)18-7-9-20(32-3)10-8-18/h4-13,21H,14-15H2,1-3H3,(H,28,31). The molecule has 4 aromatic rings. The van der Waals surface area contributed by atoms with Gasteiger partial charge in [0.25, 0.3) is 5.91 Å². The van der Waals surface area contributed by atoms with Crippen LogP contribution in [0.4, 0.5) is 0 Å². The third kappa shape index (κ3) is 4.37. The maximum atomic E-state index is 12.7. The van der Waals surface area contributed by atoms with Gasteiger partial charge < -0.3 is 19.2 Å². The van der Waals surface area contributed by atoms with E-state index >= 15 is 0 Å². The predicted octanol–water partition coefficient (Wildman–Crippen LogP) is 4.76. The minimum atomic E-state index is -0.280. The van der Waals surface area contributed by atoms with Gasteiger partial charge in [-0.3, -0.25) is 4.79 Å². The number of hydrogen-bond donors (Lipinski definition) is 1. The van der Waals surface area contributed by atoms with Gasteiger partial charge in [-0.1, -0.05) is 12.1 Å². The first-order valence-corrected chi connectivity index (χ1v) is 11.1. The number of hydrogen-bond acceptors (Lipinski definition) is 6. The molecular weight excluding hydrogens is 430 g/mol. The Kier molecular flexibility index (Phi) is 5.76. The van der Waals surface area contributed by atoms with Crippen molar-refractivity contribution in [2.75, 3.05) is 13.7 Å². The molecular formula is C27H25N3O4. The maximum absolute atomic E-state index is 12.7. The number of aromatic nitrogens is 2. The second-order valence-corrected chi connectivity index (χ2v) is 8.31. The van der Waals surface area contributed by atoms with E-state index in [1.807, 2.05) is 62.4 Å². The Morgan fingerprint density at radius 2 is 1.82 bits per heavy atom. The van der Waals surface area contributed by atoms with Gasteiger partial charge in [0.15, 0.2) is 11.6 Å². The molecule has 1 unspecified atom stereocenters. The monoisotopic (exact) mass is 455 g/mol. The highest BCUT2D eigenvalue weighted by Gasteiger charge is 2.27. The lowest BCUT2D eigenvalue weighted by molar-refractivity contribution is 0.0907. The molecule has 2 aromatic heterocycles. The molecule has 0 spiro atoms. The first-order valence-electron chi connectivity index (χ1n) is 11.1. The lowest BCUT2D eigenvalue weighted by atomic mass is 10.1. The summed E-state index contributed by atoms with van der Waals surface area (Å²) in [4.78, 5) is 21.8. The number of carbonyl (C=O) groups excluding carboxylic acids is 1. The maximum Gasteiger partial charge on any atom is 0.287 e. The summed E-state index contributed by atoms with van der Waals surface area (Å²) in [6.07, 6.45) is 0.519. The van der Waals surface area contributed by atoms with Crippen LogP contribution in [0.2, 0.25) is 0 Å². The number of aryl methyl sites for hydroxylation is 2. The third-order valence-electron chi connectivity index (χ3n) is 5.75.